The molecule has 3 aliphatic heterocycles. The summed E-state index contributed by atoms with van der Waals surface area (Å²) in [6.07, 6.45) is 12.6. The van der Waals surface area contributed by atoms with E-state index in [1.807, 2.05) is 0 Å². The van der Waals surface area contributed by atoms with E-state index >= 15 is 0 Å². The van der Waals surface area contributed by atoms with E-state index in [2.05, 4.69) is 41.5 Å². The zero-order valence-corrected chi connectivity index (χ0v) is 34.7. The minimum absolute atomic E-state index is 0.404. The fraction of sp³-hybridized carbons (Fsp3) is 0.571. The highest BCUT2D eigenvalue weighted by molar-refractivity contribution is 6.90. The summed E-state index contributed by atoms with van der Waals surface area (Å²) in [5.74, 6) is 5.76. The SMILES string of the molecule is CCCCOc1c(OCCCC)c2c3c4c1[Si]c1c(OCCCC)c(OCCCC)c5c(c14)c1c(c(OCCCC)c(OCCCC)c(c31)[Si]2)[Si]5. The van der Waals surface area contributed by atoms with Crippen LogP contribution >= 0.6 is 0 Å². The van der Waals surface area contributed by atoms with Gasteiger partial charge in [-0.2, -0.15) is 0 Å². The second-order valence-electron chi connectivity index (χ2n) is 14.1. The number of benzene rings is 4. The van der Waals surface area contributed by atoms with Gasteiger partial charge in [-0.3, -0.25) is 0 Å². The van der Waals surface area contributed by atoms with Crippen molar-refractivity contribution < 1.29 is 28.4 Å². The molecule has 7 rings (SSSR count). The predicted octanol–water partition coefficient (Wildman–Crippen LogP) is 6.12. The highest BCUT2D eigenvalue weighted by Crippen LogP contribution is 2.47. The lowest BCUT2D eigenvalue weighted by molar-refractivity contribution is 0.265. The van der Waals surface area contributed by atoms with Crippen molar-refractivity contribution in [2.24, 2.45) is 0 Å². The van der Waals surface area contributed by atoms with Crippen molar-refractivity contribution in [1.82, 2.24) is 0 Å². The third kappa shape index (κ3) is 6.33. The van der Waals surface area contributed by atoms with Gasteiger partial charge in [0.2, 0.25) is 0 Å². The summed E-state index contributed by atoms with van der Waals surface area (Å²) in [6, 6.07) is 0. The van der Waals surface area contributed by atoms with Crippen molar-refractivity contribution in [3.63, 3.8) is 0 Å². The number of rotatable bonds is 24. The van der Waals surface area contributed by atoms with Gasteiger partial charge in [0.15, 0.2) is 34.5 Å². The summed E-state index contributed by atoms with van der Waals surface area (Å²) in [6.45, 7) is 17.5. The highest BCUT2D eigenvalue weighted by atomic mass is 28.2. The van der Waals surface area contributed by atoms with Gasteiger partial charge in [0, 0.05) is 0 Å². The van der Waals surface area contributed by atoms with Crippen LogP contribution in [0.2, 0.25) is 0 Å². The van der Waals surface area contributed by atoms with Gasteiger partial charge in [-0.25, -0.2) is 0 Å². The second-order valence-corrected chi connectivity index (χ2v) is 17.8. The molecular formula is C42H54O6Si3. The molecule has 3 heterocycles. The van der Waals surface area contributed by atoms with Crippen molar-refractivity contribution in [3.05, 3.63) is 0 Å². The molecular weight excluding hydrogens is 685 g/mol. The van der Waals surface area contributed by atoms with E-state index < -0.39 is 0 Å². The van der Waals surface area contributed by atoms with Crippen LogP contribution in [0.15, 0.2) is 0 Å². The van der Waals surface area contributed by atoms with Crippen LogP contribution in [-0.4, -0.2) is 68.2 Å². The minimum Gasteiger partial charge on any atom is -0.490 e. The number of unbranched alkanes of at least 4 members (excludes halogenated alkanes) is 6. The monoisotopic (exact) mass is 738 g/mol. The Kier molecular flexibility index (Phi) is 11.7. The van der Waals surface area contributed by atoms with Crippen molar-refractivity contribution in [3.8, 4) is 34.5 Å². The Morgan fingerprint density at radius 2 is 0.431 bits per heavy atom. The Labute approximate surface area is 312 Å². The van der Waals surface area contributed by atoms with Gasteiger partial charge in [-0.05, 0) is 102 Å². The van der Waals surface area contributed by atoms with Crippen molar-refractivity contribution in [2.45, 2.75) is 119 Å². The van der Waals surface area contributed by atoms with E-state index in [1.165, 1.54) is 63.4 Å². The molecule has 3 aliphatic rings. The molecule has 0 saturated heterocycles. The van der Waals surface area contributed by atoms with Gasteiger partial charge < -0.3 is 28.4 Å². The second kappa shape index (κ2) is 16.4. The first-order chi connectivity index (χ1) is 25.1. The van der Waals surface area contributed by atoms with Gasteiger partial charge in [-0.15, -0.1) is 0 Å². The molecule has 4 aromatic carbocycles. The molecule has 6 radical (unpaired) electrons. The molecule has 0 bridgehead atoms. The normalized spacial score (nSPS) is 13.3. The van der Waals surface area contributed by atoms with Crippen LogP contribution < -0.4 is 59.5 Å². The van der Waals surface area contributed by atoms with Gasteiger partial charge in [-0.1, -0.05) is 80.1 Å². The van der Waals surface area contributed by atoms with Crippen LogP contribution in [0.3, 0.4) is 0 Å². The topological polar surface area (TPSA) is 55.4 Å². The van der Waals surface area contributed by atoms with E-state index in [-0.39, 0.29) is 0 Å². The third-order valence-corrected chi connectivity index (χ3v) is 14.6. The molecule has 0 aromatic heterocycles. The Bertz CT molecular complexity index is 1540. The average Bonchev–Trinajstić information content (AvgIpc) is 3.83. The van der Waals surface area contributed by atoms with E-state index in [9.17, 15) is 0 Å². The van der Waals surface area contributed by atoms with Crippen LogP contribution in [0.5, 0.6) is 34.5 Å². The quantitative estimate of drug-likeness (QED) is 0.0423. The van der Waals surface area contributed by atoms with Crippen LogP contribution in [0.1, 0.15) is 119 Å². The molecule has 6 nitrogen and oxygen atoms in total. The van der Waals surface area contributed by atoms with E-state index in [0.29, 0.717) is 68.2 Å². The fourth-order valence-electron chi connectivity index (χ4n) is 7.44. The predicted molar refractivity (Wildman–Crippen MR) is 216 cm³/mol. The Balaban J connectivity index is 1.57. The van der Waals surface area contributed by atoms with Crippen LogP contribution in [0.25, 0.3) is 32.3 Å². The van der Waals surface area contributed by atoms with Crippen molar-refractivity contribution in [2.75, 3.05) is 39.6 Å². The maximum absolute atomic E-state index is 6.87. The average molecular weight is 739 g/mol. The summed E-state index contributed by atoms with van der Waals surface area (Å²) in [4.78, 5) is 0. The van der Waals surface area contributed by atoms with Crippen molar-refractivity contribution in [1.29, 1.82) is 0 Å². The molecule has 0 aliphatic carbocycles. The standard InChI is InChI=1S/C42H54O6Si3/c1-7-13-19-43-31-32(44-20-14-8-2)38-26-25-27-29-30-28(26)40(50-38)35(47-23-17-11-5)36(48-24-18-12-6)42(30)51-41(29)34(46-22-16-10-4)33(45-21-15-9-3)39(27)49-37(25)31/h7-24H2,1-6H3. The first-order valence-electron chi connectivity index (χ1n) is 19.9. The van der Waals surface area contributed by atoms with Gasteiger partial charge in [0.05, 0.1) is 39.6 Å². The first-order valence-corrected chi connectivity index (χ1v) is 22.9. The van der Waals surface area contributed by atoms with Crippen LogP contribution in [0, 0.1) is 0 Å². The summed E-state index contributed by atoms with van der Waals surface area (Å²) in [5.41, 5.74) is 0. The molecule has 0 fully saturated rings. The molecule has 51 heavy (non-hydrogen) atoms. The number of hydrogen-bond acceptors (Lipinski definition) is 6. The molecule has 9 heteroatoms. The number of hydrogen-bond donors (Lipinski definition) is 0. The first kappa shape index (κ1) is 36.5. The lowest BCUT2D eigenvalue weighted by atomic mass is 9.93. The maximum Gasteiger partial charge on any atom is 0.160 e. The summed E-state index contributed by atoms with van der Waals surface area (Å²) in [5, 5.41) is 15.9. The van der Waals surface area contributed by atoms with Crippen LogP contribution in [0.4, 0.5) is 0 Å². The van der Waals surface area contributed by atoms with E-state index in [4.69, 9.17) is 28.4 Å². The lowest BCUT2D eigenvalue weighted by Gasteiger charge is -2.20. The molecule has 0 N–H and O–H groups in total. The lowest BCUT2D eigenvalue weighted by Crippen LogP contribution is -2.31. The third-order valence-electron chi connectivity index (χ3n) is 10.2. The largest absolute Gasteiger partial charge is 0.490 e. The Morgan fingerprint density at radius 3 is 0.569 bits per heavy atom. The number of ether oxygens (including phenoxy) is 6. The molecule has 0 atom stereocenters. The van der Waals surface area contributed by atoms with Gasteiger partial charge >= 0.3 is 0 Å². The van der Waals surface area contributed by atoms with E-state index in [1.54, 1.807) is 0 Å². The maximum atomic E-state index is 6.87. The molecule has 0 saturated carbocycles. The van der Waals surface area contributed by atoms with E-state index in [0.717, 1.165) is 112 Å². The summed E-state index contributed by atoms with van der Waals surface area (Å²) in [7, 11) is 1.21. The summed E-state index contributed by atoms with van der Waals surface area (Å²) < 4.78 is 41.2. The minimum atomic E-state index is 0.404. The zero-order chi connectivity index (χ0) is 35.5. The van der Waals surface area contributed by atoms with Crippen LogP contribution in [-0.2, 0) is 0 Å². The Morgan fingerprint density at radius 1 is 0.275 bits per heavy atom. The molecule has 4 aromatic rings. The van der Waals surface area contributed by atoms with Gasteiger partial charge in [0.25, 0.3) is 0 Å². The fourth-order valence-corrected chi connectivity index (χ4v) is 12.2. The molecule has 270 valence electrons. The zero-order valence-electron chi connectivity index (χ0n) is 31.7. The summed E-state index contributed by atoms with van der Waals surface area (Å²) >= 11 is 0. The Hall–Kier alpha value is -2.89. The molecule has 0 amide bonds. The molecule has 0 spiro atoms. The van der Waals surface area contributed by atoms with Gasteiger partial charge in [0.1, 0.15) is 28.6 Å². The van der Waals surface area contributed by atoms with Crippen molar-refractivity contribution >= 4 is 92.0 Å². The molecule has 0 unspecified atom stereocenters. The smallest absolute Gasteiger partial charge is 0.160 e. The highest BCUT2D eigenvalue weighted by Gasteiger charge is 2.43.